The van der Waals surface area contributed by atoms with Gasteiger partial charge in [0.15, 0.2) is 29.1 Å². The predicted octanol–water partition coefficient (Wildman–Crippen LogP) is 8.27. The summed E-state index contributed by atoms with van der Waals surface area (Å²) in [4.78, 5) is 2.15. The van der Waals surface area contributed by atoms with Gasteiger partial charge < -0.3 is 9.55 Å². The highest BCUT2D eigenvalue weighted by Gasteiger charge is 2.42. The molecule has 2 heterocycles. The van der Waals surface area contributed by atoms with Crippen molar-refractivity contribution in [3.8, 4) is 16.9 Å². The van der Waals surface area contributed by atoms with Crippen LogP contribution in [-0.2, 0) is 5.41 Å². The maximum atomic E-state index is 15.1. The molecule has 214 valence electrons. The molecule has 0 saturated heterocycles. The van der Waals surface area contributed by atoms with Crippen LogP contribution in [0.2, 0.25) is 0 Å². The Morgan fingerprint density at radius 2 is 1.19 bits per heavy atom. The fourth-order valence-electron chi connectivity index (χ4n) is 6.44. The average Bonchev–Trinajstić information content (AvgIpc) is 3.00. The van der Waals surface area contributed by atoms with Crippen LogP contribution in [0.5, 0.6) is 5.75 Å². The average molecular weight is 581 g/mol. The first-order valence-corrected chi connectivity index (χ1v) is 13.9. The zero-order chi connectivity index (χ0) is 30.4. The van der Waals surface area contributed by atoms with E-state index in [-0.39, 0.29) is 16.6 Å². The number of rotatable bonds is 2. The molecule has 43 heavy (non-hydrogen) atoms. The van der Waals surface area contributed by atoms with Crippen LogP contribution in [0.3, 0.4) is 0 Å². The second-order valence-electron chi connectivity index (χ2n) is 11.8. The molecule has 0 bridgehead atoms. The number of hydrogen-bond donors (Lipinski definition) is 0. The summed E-state index contributed by atoms with van der Waals surface area (Å²) in [7, 11) is 0. The van der Waals surface area contributed by atoms with E-state index >= 15 is 8.78 Å². The third-order valence-corrected chi connectivity index (χ3v) is 8.64. The van der Waals surface area contributed by atoms with Crippen LogP contribution >= 0.6 is 0 Å². The van der Waals surface area contributed by atoms with Crippen LogP contribution < -0.4 is 20.5 Å². The Morgan fingerprint density at radius 1 is 0.628 bits per heavy atom. The van der Waals surface area contributed by atoms with Crippen molar-refractivity contribution in [1.82, 2.24) is 0 Å². The molecule has 0 amide bonds. The smallest absolute Gasteiger partial charge is 0.433 e. The number of benzene rings is 5. The lowest BCUT2D eigenvalue weighted by atomic mass is 9.52. The molecule has 5 aromatic carbocycles. The van der Waals surface area contributed by atoms with E-state index < -0.39 is 41.5 Å². The van der Waals surface area contributed by atoms with E-state index in [1.165, 1.54) is 0 Å². The highest BCUT2D eigenvalue weighted by molar-refractivity contribution is 6.82. The van der Waals surface area contributed by atoms with E-state index in [4.69, 9.17) is 4.65 Å². The number of para-hydroxylation sites is 1. The normalized spacial score (nSPS) is 14.4. The van der Waals surface area contributed by atoms with Crippen molar-refractivity contribution in [2.45, 2.75) is 33.1 Å². The van der Waals surface area contributed by atoms with Crippen LogP contribution in [0.25, 0.3) is 11.1 Å². The number of anilines is 3. The molecule has 2 nitrogen and oxygen atoms in total. The molecular weight excluding hydrogens is 556 g/mol. The maximum absolute atomic E-state index is 15.1. The van der Waals surface area contributed by atoms with Crippen molar-refractivity contribution in [3.63, 3.8) is 0 Å². The summed E-state index contributed by atoms with van der Waals surface area (Å²) in [5.41, 5.74) is 7.49. The lowest BCUT2D eigenvalue weighted by molar-refractivity contribution is 0.382. The summed E-state index contributed by atoms with van der Waals surface area (Å²) in [6.45, 7) is 6.96. The third-order valence-electron chi connectivity index (χ3n) is 8.64. The van der Waals surface area contributed by atoms with Gasteiger partial charge in [0.25, 0.3) is 0 Å². The van der Waals surface area contributed by atoms with Crippen molar-refractivity contribution >= 4 is 34.9 Å². The molecule has 2 aliphatic rings. The lowest BCUT2D eigenvalue weighted by Crippen LogP contribution is -2.53. The predicted molar refractivity (Wildman–Crippen MR) is 160 cm³/mol. The molecule has 2 aliphatic heterocycles. The van der Waals surface area contributed by atoms with E-state index in [9.17, 15) is 13.2 Å². The quantitative estimate of drug-likeness (QED) is 0.0901. The molecule has 5 aromatic rings. The Morgan fingerprint density at radius 3 is 1.79 bits per heavy atom. The van der Waals surface area contributed by atoms with Crippen LogP contribution in [0.15, 0.2) is 78.9 Å². The second kappa shape index (κ2) is 9.46. The van der Waals surface area contributed by atoms with Crippen LogP contribution in [0, 0.1) is 42.9 Å². The van der Waals surface area contributed by atoms with Crippen molar-refractivity contribution in [2.24, 2.45) is 0 Å². The highest BCUT2D eigenvalue weighted by atomic mass is 19.2. The highest BCUT2D eigenvalue weighted by Crippen LogP contribution is 2.52. The van der Waals surface area contributed by atoms with Crippen LogP contribution in [0.1, 0.15) is 36.1 Å². The minimum Gasteiger partial charge on any atom is -0.551 e. The van der Waals surface area contributed by atoms with E-state index in [1.54, 1.807) is 36.4 Å². The van der Waals surface area contributed by atoms with Gasteiger partial charge in [0.1, 0.15) is 5.75 Å². The molecule has 0 unspecified atom stereocenters. The van der Waals surface area contributed by atoms with Crippen molar-refractivity contribution < 1.29 is 26.6 Å². The first-order valence-electron chi connectivity index (χ1n) is 13.9. The molecule has 7 rings (SSSR count). The summed E-state index contributed by atoms with van der Waals surface area (Å²) in [6.07, 6.45) is 0. The van der Waals surface area contributed by atoms with E-state index in [0.29, 0.717) is 11.1 Å². The van der Waals surface area contributed by atoms with Crippen molar-refractivity contribution in [2.75, 3.05) is 4.90 Å². The molecule has 8 heteroatoms. The molecule has 0 N–H and O–H groups in total. The first-order chi connectivity index (χ1) is 20.5. The zero-order valence-corrected chi connectivity index (χ0v) is 23.8. The van der Waals surface area contributed by atoms with E-state index in [0.717, 1.165) is 39.3 Å². The summed E-state index contributed by atoms with van der Waals surface area (Å²) >= 11 is 0. The number of aryl methyl sites for hydroxylation is 2. The molecule has 0 atom stereocenters. The molecule has 0 fully saturated rings. The third kappa shape index (κ3) is 3.92. The molecule has 0 aliphatic carbocycles. The number of nitrogens with zero attached hydrogens (tertiary/aromatic N) is 1. The molecule has 0 saturated carbocycles. The minimum absolute atomic E-state index is 0.271. The number of fused-ring (bicyclic) bond motifs is 5. The first kappa shape index (κ1) is 27.3. The van der Waals surface area contributed by atoms with Gasteiger partial charge in [-0.15, -0.1) is 0 Å². The Bertz CT molecular complexity index is 1900. The molecule has 0 spiro atoms. The second-order valence-corrected chi connectivity index (χ2v) is 11.8. The Kier molecular flexibility index (Phi) is 6.00. The fraction of sp³-hybridized carbons (Fsp3) is 0.143. The maximum Gasteiger partial charge on any atom is 0.433 e. The summed E-state index contributed by atoms with van der Waals surface area (Å²) in [6, 6.07) is 24.9. The Labute approximate surface area is 246 Å². The zero-order valence-electron chi connectivity index (χ0n) is 23.8. The lowest BCUT2D eigenvalue weighted by Gasteiger charge is -2.42. The van der Waals surface area contributed by atoms with Crippen LogP contribution in [0.4, 0.5) is 39.0 Å². The Balaban J connectivity index is 1.48. The van der Waals surface area contributed by atoms with Gasteiger partial charge in [-0.3, -0.25) is 0 Å². The van der Waals surface area contributed by atoms with Gasteiger partial charge in [0.2, 0.25) is 0 Å². The van der Waals surface area contributed by atoms with E-state index in [1.807, 2.05) is 6.07 Å². The molecule has 0 aromatic heterocycles. The molecular formula is C35H25BF5NO. The minimum atomic E-state index is -2.21. The van der Waals surface area contributed by atoms with Gasteiger partial charge in [-0.25, -0.2) is 22.0 Å². The van der Waals surface area contributed by atoms with E-state index in [2.05, 4.69) is 69.0 Å². The topological polar surface area (TPSA) is 12.5 Å². The summed E-state index contributed by atoms with van der Waals surface area (Å²) < 4.78 is 78.7. The van der Waals surface area contributed by atoms with Gasteiger partial charge in [-0.05, 0) is 66.3 Å². The Hall–Kier alpha value is -4.59. The van der Waals surface area contributed by atoms with Crippen LogP contribution in [-0.4, -0.2) is 6.92 Å². The van der Waals surface area contributed by atoms with Gasteiger partial charge in [0, 0.05) is 22.1 Å². The van der Waals surface area contributed by atoms with Crippen molar-refractivity contribution in [1.29, 1.82) is 0 Å². The van der Waals surface area contributed by atoms with Gasteiger partial charge >= 0.3 is 6.92 Å². The standard InChI is InChI=1S/C35H25BF5NO/c1-18-9-13-26-23(15-18)35(3,4)24-16-19(2)10-14-27(24)42(26)20-11-12-25-22(17-20)21-7-5-6-8-28(21)43-36(25)29-30(37)32(39)34(41)33(40)31(29)38/h5-17H,1-4H3. The largest absolute Gasteiger partial charge is 0.551 e. The fourth-order valence-corrected chi connectivity index (χ4v) is 6.44. The monoisotopic (exact) mass is 581 g/mol. The molecule has 0 radical (unpaired) electrons. The number of hydrogen-bond acceptors (Lipinski definition) is 2. The summed E-state index contributed by atoms with van der Waals surface area (Å²) in [5, 5.41) is 0. The summed E-state index contributed by atoms with van der Waals surface area (Å²) in [5.74, 6) is -9.78. The number of halogens is 5. The van der Waals surface area contributed by atoms with Gasteiger partial charge in [-0.2, -0.15) is 0 Å². The van der Waals surface area contributed by atoms with Crippen molar-refractivity contribution in [3.05, 3.63) is 130 Å². The SMILES string of the molecule is Cc1ccc2c(c1)C(C)(C)c1cc(C)ccc1N2c1ccc2c(c1)-c1ccccc1OB2c1c(F)c(F)c(F)c(F)c1F. The van der Waals surface area contributed by atoms with Gasteiger partial charge in [-0.1, -0.05) is 73.5 Å². The van der Waals surface area contributed by atoms with Gasteiger partial charge in [0.05, 0.1) is 11.4 Å².